The molecule has 2 rings (SSSR count). The zero-order valence-electron chi connectivity index (χ0n) is 17.4. The normalized spacial score (nSPS) is 12.7. The van der Waals surface area contributed by atoms with Crippen LogP contribution in [0.5, 0.6) is 5.75 Å². The van der Waals surface area contributed by atoms with Gasteiger partial charge in [0.2, 0.25) is 11.8 Å². The van der Waals surface area contributed by atoms with Crippen molar-refractivity contribution in [2.45, 2.75) is 52.2 Å². The molecule has 0 aliphatic carbocycles. The lowest BCUT2D eigenvalue weighted by atomic mass is 10.1. The van der Waals surface area contributed by atoms with E-state index in [1.54, 1.807) is 31.1 Å². The van der Waals surface area contributed by atoms with E-state index in [0.717, 1.165) is 23.3 Å². The van der Waals surface area contributed by atoms with Crippen molar-refractivity contribution >= 4 is 23.4 Å². The SMILES string of the molecule is CC[C@H](C)NC(=O)[C@H](C)N(Cc1ccc(OC)cc1)C(=O)Cc1cccc(Cl)c1. The van der Waals surface area contributed by atoms with Gasteiger partial charge < -0.3 is 15.0 Å². The van der Waals surface area contributed by atoms with Crippen LogP contribution < -0.4 is 10.1 Å². The Morgan fingerprint density at radius 1 is 1.10 bits per heavy atom. The molecule has 2 aromatic rings. The van der Waals surface area contributed by atoms with Gasteiger partial charge in [0.05, 0.1) is 13.5 Å². The lowest BCUT2D eigenvalue weighted by Gasteiger charge is -2.30. The summed E-state index contributed by atoms with van der Waals surface area (Å²) in [4.78, 5) is 27.5. The largest absolute Gasteiger partial charge is 0.497 e. The predicted octanol–water partition coefficient (Wildman–Crippen LogP) is 4.22. The molecule has 2 atom stereocenters. The van der Waals surface area contributed by atoms with Crippen LogP contribution in [-0.4, -0.2) is 35.9 Å². The van der Waals surface area contributed by atoms with Crippen LogP contribution in [-0.2, 0) is 22.6 Å². The third-order valence-electron chi connectivity index (χ3n) is 4.92. The summed E-state index contributed by atoms with van der Waals surface area (Å²) in [6.45, 7) is 6.05. The van der Waals surface area contributed by atoms with E-state index >= 15 is 0 Å². The summed E-state index contributed by atoms with van der Waals surface area (Å²) in [5, 5.41) is 3.55. The Morgan fingerprint density at radius 3 is 2.38 bits per heavy atom. The Morgan fingerprint density at radius 2 is 1.79 bits per heavy atom. The number of amides is 2. The topological polar surface area (TPSA) is 58.6 Å². The fourth-order valence-electron chi connectivity index (χ4n) is 2.90. The number of ether oxygens (including phenoxy) is 1. The fourth-order valence-corrected chi connectivity index (χ4v) is 3.11. The number of nitrogens with zero attached hydrogens (tertiary/aromatic N) is 1. The van der Waals surface area contributed by atoms with Crippen molar-refractivity contribution in [2.75, 3.05) is 7.11 Å². The minimum Gasteiger partial charge on any atom is -0.497 e. The second kappa shape index (κ2) is 10.9. The highest BCUT2D eigenvalue weighted by molar-refractivity contribution is 6.30. The van der Waals surface area contributed by atoms with E-state index in [-0.39, 0.29) is 24.3 Å². The second-order valence-electron chi connectivity index (χ2n) is 7.17. The van der Waals surface area contributed by atoms with Crippen LogP contribution in [0.2, 0.25) is 5.02 Å². The van der Waals surface area contributed by atoms with E-state index in [0.29, 0.717) is 11.6 Å². The van der Waals surface area contributed by atoms with Gasteiger partial charge in [0.25, 0.3) is 0 Å². The highest BCUT2D eigenvalue weighted by Gasteiger charge is 2.26. The minimum atomic E-state index is -0.599. The highest BCUT2D eigenvalue weighted by Crippen LogP contribution is 2.17. The second-order valence-corrected chi connectivity index (χ2v) is 7.61. The molecule has 0 saturated heterocycles. The number of rotatable bonds is 9. The van der Waals surface area contributed by atoms with Gasteiger partial charge in [-0.1, -0.05) is 42.8 Å². The smallest absolute Gasteiger partial charge is 0.242 e. The van der Waals surface area contributed by atoms with E-state index in [4.69, 9.17) is 16.3 Å². The van der Waals surface area contributed by atoms with E-state index in [2.05, 4.69) is 5.32 Å². The number of methoxy groups -OCH3 is 1. The molecule has 5 nitrogen and oxygen atoms in total. The molecule has 156 valence electrons. The molecule has 29 heavy (non-hydrogen) atoms. The lowest BCUT2D eigenvalue weighted by molar-refractivity contribution is -0.140. The summed E-state index contributed by atoms with van der Waals surface area (Å²) in [6, 6.07) is 14.2. The molecule has 0 saturated carbocycles. The standard InChI is InChI=1S/C23H29ClN2O3/c1-5-16(2)25-23(28)17(3)26(15-18-9-11-21(29-4)12-10-18)22(27)14-19-7-6-8-20(24)13-19/h6-13,16-17H,5,14-15H2,1-4H3,(H,25,28)/t16-,17-/m0/s1. The molecule has 0 aliphatic heterocycles. The van der Waals surface area contributed by atoms with Crippen molar-refractivity contribution in [1.82, 2.24) is 10.2 Å². The maximum absolute atomic E-state index is 13.1. The van der Waals surface area contributed by atoms with Crippen LogP contribution in [0.1, 0.15) is 38.3 Å². The zero-order chi connectivity index (χ0) is 21.4. The number of carbonyl (C=O) groups excluding carboxylic acids is 2. The molecule has 0 heterocycles. The van der Waals surface area contributed by atoms with E-state index in [1.165, 1.54) is 0 Å². The fraction of sp³-hybridized carbons (Fsp3) is 0.391. The predicted molar refractivity (Wildman–Crippen MR) is 116 cm³/mol. The van der Waals surface area contributed by atoms with Gasteiger partial charge in [-0.3, -0.25) is 9.59 Å². The Bertz CT molecular complexity index is 823. The minimum absolute atomic E-state index is 0.0517. The first-order valence-corrected chi connectivity index (χ1v) is 10.2. The van der Waals surface area contributed by atoms with Gasteiger partial charge in [-0.25, -0.2) is 0 Å². The average Bonchev–Trinajstić information content (AvgIpc) is 2.71. The summed E-state index contributed by atoms with van der Waals surface area (Å²) in [5.74, 6) is 0.454. The first-order chi connectivity index (χ1) is 13.8. The molecule has 0 fully saturated rings. The van der Waals surface area contributed by atoms with Crippen LogP contribution >= 0.6 is 11.6 Å². The molecule has 2 amide bonds. The van der Waals surface area contributed by atoms with Crippen LogP contribution in [0.4, 0.5) is 0 Å². The van der Waals surface area contributed by atoms with Crippen molar-refractivity contribution in [1.29, 1.82) is 0 Å². The van der Waals surface area contributed by atoms with Crippen molar-refractivity contribution in [3.8, 4) is 5.75 Å². The Hall–Kier alpha value is -2.53. The Labute approximate surface area is 178 Å². The first kappa shape index (κ1) is 22.8. The molecular weight excluding hydrogens is 388 g/mol. The van der Waals surface area contributed by atoms with Gasteiger partial charge in [0.15, 0.2) is 0 Å². The monoisotopic (exact) mass is 416 g/mol. The molecule has 0 spiro atoms. The van der Waals surface area contributed by atoms with Gasteiger partial charge >= 0.3 is 0 Å². The first-order valence-electron chi connectivity index (χ1n) is 9.81. The van der Waals surface area contributed by atoms with Gasteiger partial charge in [-0.2, -0.15) is 0 Å². The molecule has 6 heteroatoms. The van der Waals surface area contributed by atoms with Crippen LogP contribution in [0.15, 0.2) is 48.5 Å². The number of carbonyl (C=O) groups is 2. The maximum Gasteiger partial charge on any atom is 0.242 e. The quantitative estimate of drug-likeness (QED) is 0.665. The van der Waals surface area contributed by atoms with E-state index in [9.17, 15) is 9.59 Å². The summed E-state index contributed by atoms with van der Waals surface area (Å²) in [6.07, 6.45) is 1.01. The highest BCUT2D eigenvalue weighted by atomic mass is 35.5. The molecule has 1 N–H and O–H groups in total. The lowest BCUT2D eigenvalue weighted by Crippen LogP contribution is -2.49. The third-order valence-corrected chi connectivity index (χ3v) is 5.16. The number of hydrogen-bond acceptors (Lipinski definition) is 3. The molecule has 0 bridgehead atoms. The number of halogens is 1. The summed E-state index contributed by atoms with van der Waals surface area (Å²) < 4.78 is 5.20. The van der Waals surface area contributed by atoms with Crippen molar-refractivity contribution in [3.63, 3.8) is 0 Å². The van der Waals surface area contributed by atoms with Gasteiger partial charge in [-0.15, -0.1) is 0 Å². The third kappa shape index (κ3) is 6.79. The van der Waals surface area contributed by atoms with Crippen molar-refractivity contribution in [2.24, 2.45) is 0 Å². The molecule has 2 aromatic carbocycles. The Kier molecular flexibility index (Phi) is 8.52. The van der Waals surface area contributed by atoms with Gasteiger partial charge in [0, 0.05) is 17.6 Å². The van der Waals surface area contributed by atoms with E-state index in [1.807, 2.05) is 50.2 Å². The number of nitrogens with one attached hydrogen (secondary N) is 1. The number of hydrogen-bond donors (Lipinski definition) is 1. The van der Waals surface area contributed by atoms with Crippen LogP contribution in [0.25, 0.3) is 0 Å². The summed E-state index contributed by atoms with van der Waals surface area (Å²) >= 11 is 6.05. The van der Waals surface area contributed by atoms with E-state index < -0.39 is 6.04 Å². The molecule has 0 aromatic heterocycles. The Balaban J connectivity index is 2.22. The van der Waals surface area contributed by atoms with Gasteiger partial charge in [-0.05, 0) is 55.7 Å². The average molecular weight is 417 g/mol. The zero-order valence-corrected chi connectivity index (χ0v) is 18.2. The summed E-state index contributed by atoms with van der Waals surface area (Å²) in [5.41, 5.74) is 1.74. The molecule has 0 unspecified atom stereocenters. The van der Waals surface area contributed by atoms with Gasteiger partial charge in [0.1, 0.15) is 11.8 Å². The maximum atomic E-state index is 13.1. The number of benzene rings is 2. The van der Waals surface area contributed by atoms with Crippen molar-refractivity contribution < 1.29 is 14.3 Å². The summed E-state index contributed by atoms with van der Waals surface area (Å²) in [7, 11) is 1.61. The molecule has 0 aliphatic rings. The van der Waals surface area contributed by atoms with Crippen molar-refractivity contribution in [3.05, 3.63) is 64.7 Å². The van der Waals surface area contributed by atoms with Crippen LogP contribution in [0.3, 0.4) is 0 Å². The van der Waals surface area contributed by atoms with Crippen LogP contribution in [0, 0.1) is 0 Å². The molecule has 0 radical (unpaired) electrons. The molecular formula is C23H29ClN2O3.